The lowest BCUT2D eigenvalue weighted by atomic mass is 9.92. The van der Waals surface area contributed by atoms with Gasteiger partial charge < -0.3 is 19.9 Å². The lowest BCUT2D eigenvalue weighted by Gasteiger charge is -2.30. The Balaban J connectivity index is 1.05. The van der Waals surface area contributed by atoms with Crippen LogP contribution in [0.5, 0.6) is 0 Å². The van der Waals surface area contributed by atoms with Crippen molar-refractivity contribution >= 4 is 34.6 Å². The molecule has 210 valence electrons. The normalized spacial score (nSPS) is 25.0. The molecule has 12 heteroatoms. The number of nitro groups is 1. The molecule has 0 radical (unpaired) electrons. The number of nitrogens with zero attached hydrogens (tertiary/aromatic N) is 3. The number of anilines is 2. The number of fused-ring (bicyclic) bond motifs is 1. The largest absolute Gasteiger partial charge is 0.423 e. The van der Waals surface area contributed by atoms with Crippen LogP contribution < -0.4 is 10.2 Å². The van der Waals surface area contributed by atoms with Crippen LogP contribution in [0.15, 0.2) is 42.5 Å². The quantitative estimate of drug-likeness (QED) is 0.347. The second-order valence-electron chi connectivity index (χ2n) is 10.6. The maximum Gasteiger partial charge on any atom is 0.423 e. The van der Waals surface area contributed by atoms with Gasteiger partial charge in [-0.3, -0.25) is 14.9 Å². The monoisotopic (exact) mass is 566 g/mol. The molecule has 2 atom stereocenters. The summed E-state index contributed by atoms with van der Waals surface area (Å²) in [7, 11) is 0. The first-order valence-electron chi connectivity index (χ1n) is 13.1. The van der Waals surface area contributed by atoms with E-state index in [0.717, 1.165) is 44.0 Å². The molecule has 0 bridgehead atoms. The summed E-state index contributed by atoms with van der Waals surface area (Å²) in [5, 5.41) is 14.7. The van der Waals surface area contributed by atoms with Crippen LogP contribution in [-0.2, 0) is 15.7 Å². The van der Waals surface area contributed by atoms with E-state index >= 15 is 0 Å². The van der Waals surface area contributed by atoms with Crippen molar-refractivity contribution in [3.63, 3.8) is 0 Å². The van der Waals surface area contributed by atoms with Gasteiger partial charge in [0.25, 0.3) is 5.69 Å². The fourth-order valence-corrected chi connectivity index (χ4v) is 6.09. The number of amides is 1. The van der Waals surface area contributed by atoms with Crippen LogP contribution in [0.4, 0.5) is 30.2 Å². The number of hydrogen-bond donors (Lipinski definition) is 1. The van der Waals surface area contributed by atoms with Gasteiger partial charge in [-0.15, -0.1) is 0 Å². The number of rotatable bonds is 7. The van der Waals surface area contributed by atoms with Gasteiger partial charge in [0.15, 0.2) is 0 Å². The van der Waals surface area contributed by atoms with Gasteiger partial charge in [-0.25, -0.2) is 0 Å². The third kappa shape index (κ3) is 6.41. The number of benzene rings is 2. The second-order valence-corrected chi connectivity index (χ2v) is 11.1. The number of hydrogen-bond acceptors (Lipinski definition) is 6. The molecule has 1 aliphatic carbocycles. The average molecular weight is 567 g/mol. The summed E-state index contributed by atoms with van der Waals surface area (Å²) in [6.07, 6.45) is -2.24. The Morgan fingerprint density at radius 3 is 2.26 bits per heavy atom. The molecule has 1 N–H and O–H groups in total. The third-order valence-corrected chi connectivity index (χ3v) is 8.27. The van der Waals surface area contributed by atoms with E-state index in [0.29, 0.717) is 42.5 Å². The molecule has 5 rings (SSSR count). The van der Waals surface area contributed by atoms with Crippen LogP contribution in [-0.4, -0.2) is 60.7 Å². The van der Waals surface area contributed by atoms with E-state index in [1.54, 1.807) is 0 Å². The Labute approximate surface area is 229 Å². The smallest absolute Gasteiger partial charge is 0.382 e. The summed E-state index contributed by atoms with van der Waals surface area (Å²) in [6, 6.07) is 10.7. The van der Waals surface area contributed by atoms with Gasteiger partial charge in [0.1, 0.15) is 12.2 Å². The molecule has 3 fully saturated rings. The number of nitro benzene ring substituents is 1. The van der Waals surface area contributed by atoms with Crippen molar-refractivity contribution in [1.29, 1.82) is 0 Å². The van der Waals surface area contributed by atoms with Crippen LogP contribution in [0.25, 0.3) is 0 Å². The van der Waals surface area contributed by atoms with Crippen LogP contribution in [0.3, 0.4) is 0 Å². The Bertz CT molecular complexity index is 1190. The molecule has 2 saturated heterocycles. The maximum absolute atomic E-state index is 13.3. The third-order valence-electron chi connectivity index (χ3n) is 8.02. The van der Waals surface area contributed by atoms with Crippen LogP contribution in [0.1, 0.15) is 31.2 Å². The van der Waals surface area contributed by atoms with E-state index in [1.807, 2.05) is 29.2 Å². The Kier molecular flexibility index (Phi) is 7.91. The van der Waals surface area contributed by atoms with Crippen LogP contribution in [0.2, 0.25) is 5.02 Å². The van der Waals surface area contributed by atoms with Crippen molar-refractivity contribution < 1.29 is 27.6 Å². The number of likely N-dealkylation sites (tertiary alicyclic amines) is 1. The van der Waals surface area contributed by atoms with E-state index < -0.39 is 22.4 Å². The molecule has 2 aromatic rings. The highest BCUT2D eigenvalue weighted by Gasteiger charge is 2.42. The number of nitrogens with one attached hydrogen (secondary N) is 1. The lowest BCUT2D eigenvalue weighted by molar-refractivity contribution is -0.388. The summed E-state index contributed by atoms with van der Waals surface area (Å²) in [6.45, 7) is 3.30. The standard InChI is InChI=1S/C27H30ClF3N4O4/c28-19-1-6-22(7-2-19)33-12-17-14-34(15-18(17)13-33)26(36)16-39-23-8-3-20(4-9-23)32-21-5-10-25(35(37)38)24(11-21)27(29,30)31/h1-2,5-7,10-11,17-18,20,23,32H,3-4,8-9,12-16H2. The molecular formula is C27H30ClF3N4O4. The highest BCUT2D eigenvalue weighted by atomic mass is 35.5. The van der Waals surface area contributed by atoms with Crippen molar-refractivity contribution in [1.82, 2.24) is 4.90 Å². The molecule has 2 heterocycles. The Hall–Kier alpha value is -3.05. The molecule has 8 nitrogen and oxygen atoms in total. The zero-order valence-corrected chi connectivity index (χ0v) is 22.0. The summed E-state index contributed by atoms with van der Waals surface area (Å²) < 4.78 is 45.7. The fraction of sp³-hybridized carbons (Fsp3) is 0.519. The topological polar surface area (TPSA) is 87.9 Å². The molecule has 2 unspecified atom stereocenters. The Morgan fingerprint density at radius 1 is 1.03 bits per heavy atom. The van der Waals surface area contributed by atoms with E-state index in [2.05, 4.69) is 10.2 Å². The first-order valence-corrected chi connectivity index (χ1v) is 13.5. The molecule has 3 aliphatic rings. The summed E-state index contributed by atoms with van der Waals surface area (Å²) >= 11 is 6.00. The lowest BCUT2D eigenvalue weighted by Crippen LogP contribution is -2.37. The zero-order valence-electron chi connectivity index (χ0n) is 21.2. The van der Waals surface area contributed by atoms with E-state index in [-0.39, 0.29) is 30.3 Å². The summed E-state index contributed by atoms with van der Waals surface area (Å²) in [5.41, 5.74) is -0.886. The number of ether oxygens (including phenoxy) is 1. The average Bonchev–Trinajstić information content (AvgIpc) is 3.48. The molecule has 2 aromatic carbocycles. The molecule has 0 spiro atoms. The van der Waals surface area contributed by atoms with Gasteiger partial charge in [-0.05, 0) is 62.1 Å². The molecule has 1 saturated carbocycles. The maximum atomic E-state index is 13.3. The molecule has 39 heavy (non-hydrogen) atoms. The molecular weight excluding hydrogens is 537 g/mol. The minimum absolute atomic E-state index is 0.00625. The fourth-order valence-electron chi connectivity index (χ4n) is 5.96. The highest BCUT2D eigenvalue weighted by molar-refractivity contribution is 6.30. The minimum Gasteiger partial charge on any atom is -0.382 e. The molecule has 1 amide bonds. The van der Waals surface area contributed by atoms with Crippen molar-refractivity contribution in [3.8, 4) is 0 Å². The zero-order chi connectivity index (χ0) is 27.7. The predicted octanol–water partition coefficient (Wildman–Crippen LogP) is 5.60. The van der Waals surface area contributed by atoms with E-state index in [4.69, 9.17) is 16.3 Å². The van der Waals surface area contributed by atoms with Crippen LogP contribution >= 0.6 is 11.6 Å². The second kappa shape index (κ2) is 11.2. The molecule has 2 aliphatic heterocycles. The number of halogens is 4. The van der Waals surface area contributed by atoms with Gasteiger partial charge in [0.05, 0.1) is 11.0 Å². The van der Waals surface area contributed by atoms with Crippen molar-refractivity contribution in [2.24, 2.45) is 11.8 Å². The minimum atomic E-state index is -4.82. The van der Waals surface area contributed by atoms with Gasteiger partial charge >= 0.3 is 6.18 Å². The van der Waals surface area contributed by atoms with Crippen molar-refractivity contribution in [2.45, 2.75) is 44.0 Å². The first-order chi connectivity index (χ1) is 18.6. The van der Waals surface area contributed by atoms with Crippen LogP contribution in [0, 0.1) is 22.0 Å². The molecule has 0 aromatic heterocycles. The Morgan fingerprint density at radius 2 is 1.67 bits per heavy atom. The van der Waals surface area contributed by atoms with Gasteiger partial charge in [-0.2, -0.15) is 13.2 Å². The van der Waals surface area contributed by atoms with Crippen molar-refractivity contribution in [3.05, 3.63) is 63.2 Å². The van der Waals surface area contributed by atoms with Gasteiger partial charge in [0.2, 0.25) is 5.91 Å². The predicted molar refractivity (Wildman–Crippen MR) is 141 cm³/mol. The number of carbonyl (C=O) groups excluding carboxylic acids is 1. The van der Waals surface area contributed by atoms with Gasteiger partial charge in [-0.1, -0.05) is 11.6 Å². The van der Waals surface area contributed by atoms with Crippen molar-refractivity contribution in [2.75, 3.05) is 43.0 Å². The van der Waals surface area contributed by atoms with E-state index in [9.17, 15) is 28.1 Å². The highest BCUT2D eigenvalue weighted by Crippen LogP contribution is 2.38. The SMILES string of the molecule is O=C(COC1CCC(Nc2ccc([N+](=O)[O-])c(C(F)(F)F)c2)CC1)N1CC2CN(c3ccc(Cl)cc3)CC2C1. The number of alkyl halides is 3. The first kappa shape index (κ1) is 27.5. The summed E-state index contributed by atoms with van der Waals surface area (Å²) in [4.78, 5) is 27.0. The summed E-state index contributed by atoms with van der Waals surface area (Å²) in [5.74, 6) is 0.861. The number of carbonyl (C=O) groups is 1. The van der Waals surface area contributed by atoms with Gasteiger partial charge in [0, 0.05) is 66.5 Å². The van der Waals surface area contributed by atoms with E-state index in [1.165, 1.54) is 6.07 Å².